The fourth-order valence-electron chi connectivity index (χ4n) is 5.29. The standard InChI is InChI=1S/C22H33N3O2S/c1-2-12-25-21(27)24(16-18-7-4-3-5-8-18)20(26)22(25)10-13-23(14-11-22)17-19-9-6-15-28-19/h6,9,15,18H,2-5,7-8,10-14,16-17H2,1H3. The Bertz CT molecular complexity index is 676. The summed E-state index contributed by atoms with van der Waals surface area (Å²) in [6, 6.07) is 4.25. The zero-order chi connectivity index (χ0) is 19.6. The Morgan fingerprint density at radius 3 is 2.54 bits per heavy atom. The maximum Gasteiger partial charge on any atom is 0.327 e. The normalized spacial score (nSPS) is 23.9. The quantitative estimate of drug-likeness (QED) is 0.664. The molecule has 1 aromatic heterocycles. The molecule has 3 aliphatic rings. The number of piperidine rings is 1. The molecule has 0 N–H and O–H groups in total. The third kappa shape index (κ3) is 3.73. The number of thiophene rings is 1. The summed E-state index contributed by atoms with van der Waals surface area (Å²) in [7, 11) is 0. The Labute approximate surface area is 172 Å². The number of hydrogen-bond donors (Lipinski definition) is 0. The fraction of sp³-hybridized carbons (Fsp3) is 0.727. The number of hydrogen-bond acceptors (Lipinski definition) is 4. The average Bonchev–Trinajstić information content (AvgIpc) is 3.29. The van der Waals surface area contributed by atoms with Crippen molar-refractivity contribution in [3.05, 3.63) is 22.4 Å². The number of likely N-dealkylation sites (tertiary alicyclic amines) is 1. The molecule has 0 unspecified atom stereocenters. The zero-order valence-electron chi connectivity index (χ0n) is 17.1. The summed E-state index contributed by atoms with van der Waals surface area (Å²) in [5.74, 6) is 0.589. The van der Waals surface area contributed by atoms with Crippen molar-refractivity contribution in [2.24, 2.45) is 5.92 Å². The Balaban J connectivity index is 1.46. The smallest absolute Gasteiger partial charge is 0.309 e. The Morgan fingerprint density at radius 1 is 1.14 bits per heavy atom. The molecule has 2 saturated heterocycles. The molecule has 0 bridgehead atoms. The number of carbonyl (C=O) groups excluding carboxylic acids is 2. The van der Waals surface area contributed by atoms with Gasteiger partial charge in [-0.05, 0) is 49.5 Å². The minimum absolute atomic E-state index is 0.0240. The van der Waals surface area contributed by atoms with Gasteiger partial charge < -0.3 is 4.90 Å². The van der Waals surface area contributed by atoms with Gasteiger partial charge in [0.25, 0.3) is 5.91 Å². The third-order valence-corrected chi connectivity index (χ3v) is 7.74. The van der Waals surface area contributed by atoms with Gasteiger partial charge in [-0.15, -0.1) is 11.3 Å². The van der Waals surface area contributed by atoms with Crippen LogP contribution in [0.15, 0.2) is 17.5 Å². The van der Waals surface area contributed by atoms with E-state index in [4.69, 9.17) is 0 Å². The molecule has 28 heavy (non-hydrogen) atoms. The lowest BCUT2D eigenvalue weighted by Gasteiger charge is -2.42. The van der Waals surface area contributed by atoms with Crippen molar-refractivity contribution in [3.8, 4) is 0 Å². The van der Waals surface area contributed by atoms with Gasteiger partial charge in [-0.2, -0.15) is 0 Å². The van der Waals surface area contributed by atoms with Gasteiger partial charge in [0.05, 0.1) is 0 Å². The molecule has 3 fully saturated rings. The Kier molecular flexibility index (Phi) is 6.07. The van der Waals surface area contributed by atoms with Crippen molar-refractivity contribution in [1.29, 1.82) is 0 Å². The second-order valence-electron chi connectivity index (χ2n) is 8.74. The highest BCUT2D eigenvalue weighted by atomic mass is 32.1. The van der Waals surface area contributed by atoms with E-state index < -0.39 is 5.54 Å². The first kappa shape index (κ1) is 19.9. The number of imide groups is 1. The van der Waals surface area contributed by atoms with Crippen LogP contribution in [0.25, 0.3) is 0 Å². The molecule has 5 nitrogen and oxygen atoms in total. The predicted octanol–water partition coefficient (Wildman–Crippen LogP) is 4.34. The molecule has 0 aromatic carbocycles. The number of nitrogens with zero attached hydrogens (tertiary/aromatic N) is 3. The highest BCUT2D eigenvalue weighted by Crippen LogP contribution is 2.39. The molecule has 1 saturated carbocycles. The van der Waals surface area contributed by atoms with E-state index in [1.807, 2.05) is 4.90 Å². The van der Waals surface area contributed by atoms with Gasteiger partial charge >= 0.3 is 6.03 Å². The van der Waals surface area contributed by atoms with Crippen molar-refractivity contribution >= 4 is 23.3 Å². The van der Waals surface area contributed by atoms with Crippen molar-refractivity contribution in [2.75, 3.05) is 26.2 Å². The van der Waals surface area contributed by atoms with Gasteiger partial charge in [0.1, 0.15) is 5.54 Å². The number of carbonyl (C=O) groups is 2. The van der Waals surface area contributed by atoms with E-state index in [-0.39, 0.29) is 11.9 Å². The first-order valence-electron chi connectivity index (χ1n) is 11.0. The summed E-state index contributed by atoms with van der Waals surface area (Å²) in [6.45, 7) is 6.15. The highest BCUT2D eigenvalue weighted by molar-refractivity contribution is 7.09. The van der Waals surface area contributed by atoms with E-state index in [1.54, 1.807) is 16.2 Å². The minimum atomic E-state index is -0.590. The van der Waals surface area contributed by atoms with Gasteiger partial charge in [0, 0.05) is 37.6 Å². The topological polar surface area (TPSA) is 43.9 Å². The van der Waals surface area contributed by atoms with E-state index in [0.29, 0.717) is 19.0 Å². The first-order valence-corrected chi connectivity index (χ1v) is 11.9. The maximum absolute atomic E-state index is 13.5. The van der Waals surface area contributed by atoms with Gasteiger partial charge in [-0.25, -0.2) is 4.79 Å². The monoisotopic (exact) mass is 403 g/mol. The molecule has 1 aliphatic carbocycles. The van der Waals surface area contributed by atoms with E-state index in [2.05, 4.69) is 29.3 Å². The molecule has 4 rings (SSSR count). The summed E-state index contributed by atoms with van der Waals surface area (Å²) >= 11 is 1.79. The van der Waals surface area contributed by atoms with Gasteiger partial charge in [-0.3, -0.25) is 14.6 Å². The van der Waals surface area contributed by atoms with E-state index in [1.165, 1.54) is 24.1 Å². The van der Waals surface area contributed by atoms with Gasteiger partial charge in [0.15, 0.2) is 0 Å². The second kappa shape index (κ2) is 8.54. The van der Waals surface area contributed by atoms with Crippen LogP contribution < -0.4 is 0 Å². The van der Waals surface area contributed by atoms with Crippen LogP contribution in [0.5, 0.6) is 0 Å². The molecule has 0 atom stereocenters. The number of urea groups is 1. The molecule has 6 heteroatoms. The van der Waals surface area contributed by atoms with Crippen LogP contribution in [0, 0.1) is 5.92 Å². The lowest BCUT2D eigenvalue weighted by Crippen LogP contribution is -2.56. The van der Waals surface area contributed by atoms with Crippen molar-refractivity contribution in [2.45, 2.75) is 70.4 Å². The van der Waals surface area contributed by atoms with Crippen LogP contribution in [0.4, 0.5) is 4.79 Å². The van der Waals surface area contributed by atoms with Crippen LogP contribution in [0.2, 0.25) is 0 Å². The highest BCUT2D eigenvalue weighted by Gasteiger charge is 2.57. The molecule has 1 spiro atoms. The second-order valence-corrected chi connectivity index (χ2v) is 9.77. The molecule has 0 radical (unpaired) electrons. The van der Waals surface area contributed by atoms with Crippen LogP contribution >= 0.6 is 11.3 Å². The van der Waals surface area contributed by atoms with Gasteiger partial charge in [0.2, 0.25) is 0 Å². The molecule has 3 heterocycles. The van der Waals surface area contributed by atoms with Crippen LogP contribution in [-0.4, -0.2) is 58.4 Å². The Morgan fingerprint density at radius 2 is 1.89 bits per heavy atom. The summed E-state index contributed by atoms with van der Waals surface area (Å²) in [6.07, 6.45) is 8.53. The lowest BCUT2D eigenvalue weighted by molar-refractivity contribution is -0.136. The van der Waals surface area contributed by atoms with Crippen LogP contribution in [0.3, 0.4) is 0 Å². The number of amides is 3. The van der Waals surface area contributed by atoms with Gasteiger partial charge in [-0.1, -0.05) is 32.3 Å². The minimum Gasteiger partial charge on any atom is -0.309 e. The Hall–Kier alpha value is -1.40. The lowest BCUT2D eigenvalue weighted by atomic mass is 9.85. The van der Waals surface area contributed by atoms with Crippen molar-refractivity contribution in [1.82, 2.24) is 14.7 Å². The average molecular weight is 404 g/mol. The van der Waals surface area contributed by atoms with E-state index in [9.17, 15) is 9.59 Å². The predicted molar refractivity (Wildman–Crippen MR) is 112 cm³/mol. The molecule has 1 aromatic rings. The summed E-state index contributed by atoms with van der Waals surface area (Å²) in [5.41, 5.74) is -0.590. The van der Waals surface area contributed by atoms with Crippen molar-refractivity contribution in [3.63, 3.8) is 0 Å². The fourth-order valence-corrected chi connectivity index (χ4v) is 6.04. The van der Waals surface area contributed by atoms with Crippen molar-refractivity contribution < 1.29 is 9.59 Å². The molecule has 2 aliphatic heterocycles. The zero-order valence-corrected chi connectivity index (χ0v) is 17.9. The SMILES string of the molecule is CCCN1C(=O)N(CC2CCCCC2)C(=O)C12CCN(Cc1cccs1)CC2. The molecule has 154 valence electrons. The van der Waals surface area contributed by atoms with E-state index >= 15 is 0 Å². The largest absolute Gasteiger partial charge is 0.327 e. The molecule has 3 amide bonds. The first-order chi connectivity index (χ1) is 13.6. The summed E-state index contributed by atoms with van der Waals surface area (Å²) in [5, 5.41) is 2.12. The molecular formula is C22H33N3O2S. The summed E-state index contributed by atoms with van der Waals surface area (Å²) in [4.78, 5) is 34.1. The van der Waals surface area contributed by atoms with E-state index in [0.717, 1.165) is 51.7 Å². The maximum atomic E-state index is 13.5. The molecular weight excluding hydrogens is 370 g/mol. The number of rotatable bonds is 6. The third-order valence-electron chi connectivity index (χ3n) is 6.88. The van der Waals surface area contributed by atoms with Crippen LogP contribution in [-0.2, 0) is 11.3 Å². The van der Waals surface area contributed by atoms with Crippen LogP contribution in [0.1, 0.15) is 63.2 Å². The summed E-state index contributed by atoms with van der Waals surface area (Å²) < 4.78 is 0.